The minimum atomic E-state index is -0.0663. The number of hydrogen-bond acceptors (Lipinski definition) is 3. The maximum atomic E-state index is 11.8. The number of hydrogen-bond donors (Lipinski definition) is 2. The van der Waals surface area contributed by atoms with Crippen molar-refractivity contribution in [2.45, 2.75) is 39.0 Å². The van der Waals surface area contributed by atoms with Gasteiger partial charge in [-0.15, -0.1) is 0 Å². The first-order valence-electron chi connectivity index (χ1n) is 6.33. The van der Waals surface area contributed by atoms with E-state index in [9.17, 15) is 4.79 Å². The lowest BCUT2D eigenvalue weighted by Gasteiger charge is -2.14. The predicted octanol–water partition coefficient (Wildman–Crippen LogP) is 2.87. The maximum Gasteiger partial charge on any atom is 0.226 e. The number of aromatic amines is 1. The number of H-pyrrole nitrogens is 1. The summed E-state index contributed by atoms with van der Waals surface area (Å²) in [5.41, 5.74) is 0.985. The number of carbonyl (C=O) groups excluding carboxylic acids is 1. The van der Waals surface area contributed by atoms with E-state index >= 15 is 0 Å². The minimum Gasteiger partial charge on any atom is -0.469 e. The van der Waals surface area contributed by atoms with E-state index < -0.39 is 0 Å². The van der Waals surface area contributed by atoms with Gasteiger partial charge in [-0.1, -0.05) is 20.8 Å². The van der Waals surface area contributed by atoms with E-state index in [1.54, 1.807) is 6.26 Å². The van der Waals surface area contributed by atoms with Crippen LogP contribution >= 0.6 is 0 Å². The lowest BCUT2D eigenvalue weighted by atomic mass is 9.92. The molecule has 2 rings (SSSR count). The Kier molecular flexibility index (Phi) is 3.74. The first kappa shape index (κ1) is 13.4. The molecular weight excluding hydrogens is 242 g/mol. The fourth-order valence-electron chi connectivity index (χ4n) is 1.67. The predicted molar refractivity (Wildman–Crippen MR) is 72.9 cm³/mol. The van der Waals surface area contributed by atoms with Gasteiger partial charge in [0.25, 0.3) is 0 Å². The highest BCUT2D eigenvalue weighted by molar-refractivity contribution is 5.89. The third-order valence-electron chi connectivity index (χ3n) is 2.83. The molecule has 0 radical (unpaired) electrons. The number of carbonyl (C=O) groups is 1. The van der Waals surface area contributed by atoms with E-state index in [2.05, 4.69) is 36.3 Å². The molecule has 102 valence electrons. The lowest BCUT2D eigenvalue weighted by Crippen LogP contribution is -2.12. The van der Waals surface area contributed by atoms with Crippen molar-refractivity contribution in [3.8, 4) is 0 Å². The summed E-state index contributed by atoms with van der Waals surface area (Å²) in [7, 11) is 0. The molecule has 0 saturated heterocycles. The van der Waals surface area contributed by atoms with Gasteiger partial charge < -0.3 is 9.73 Å². The first-order chi connectivity index (χ1) is 8.95. The monoisotopic (exact) mass is 261 g/mol. The Morgan fingerprint density at radius 3 is 2.84 bits per heavy atom. The smallest absolute Gasteiger partial charge is 0.226 e. The second-order valence-corrected chi connectivity index (χ2v) is 5.54. The number of nitrogens with zero attached hydrogens (tertiary/aromatic N) is 1. The summed E-state index contributed by atoms with van der Waals surface area (Å²) in [5.74, 6) is 1.31. The largest absolute Gasteiger partial charge is 0.469 e. The Labute approximate surface area is 112 Å². The van der Waals surface area contributed by atoms with E-state index in [-0.39, 0.29) is 11.3 Å². The van der Waals surface area contributed by atoms with Crippen molar-refractivity contribution in [2.24, 2.45) is 0 Å². The highest BCUT2D eigenvalue weighted by atomic mass is 16.3. The number of nitrogens with one attached hydrogen (secondary N) is 2. The van der Waals surface area contributed by atoms with Crippen LogP contribution in [0, 0.1) is 0 Å². The summed E-state index contributed by atoms with van der Waals surface area (Å²) in [5, 5.41) is 9.80. The molecule has 0 fully saturated rings. The highest BCUT2D eigenvalue weighted by Crippen LogP contribution is 2.21. The van der Waals surface area contributed by atoms with Crippen molar-refractivity contribution in [1.82, 2.24) is 10.2 Å². The van der Waals surface area contributed by atoms with Crippen molar-refractivity contribution < 1.29 is 9.21 Å². The summed E-state index contributed by atoms with van der Waals surface area (Å²) in [6, 6.07) is 5.54. The molecule has 0 unspecified atom stereocenters. The van der Waals surface area contributed by atoms with E-state index in [4.69, 9.17) is 4.42 Å². The van der Waals surface area contributed by atoms with Crippen molar-refractivity contribution in [2.75, 3.05) is 5.32 Å². The molecule has 2 heterocycles. The SMILES string of the molecule is CC(C)(C)c1cc(NC(=O)CCc2ccco2)n[nH]1. The average Bonchev–Trinajstić information content (AvgIpc) is 2.95. The maximum absolute atomic E-state index is 11.8. The van der Waals surface area contributed by atoms with Crippen molar-refractivity contribution in [1.29, 1.82) is 0 Å². The summed E-state index contributed by atoms with van der Waals surface area (Å²) in [6.45, 7) is 6.26. The molecule has 0 aliphatic carbocycles. The zero-order valence-corrected chi connectivity index (χ0v) is 11.5. The molecule has 19 heavy (non-hydrogen) atoms. The molecule has 2 aromatic rings. The standard InChI is InChI=1S/C14H19N3O2/c1-14(2,3)11-9-12(17-16-11)15-13(18)7-6-10-5-4-8-19-10/h4-5,8-9H,6-7H2,1-3H3,(H2,15,16,17,18). The van der Waals surface area contributed by atoms with E-state index in [1.807, 2.05) is 18.2 Å². The summed E-state index contributed by atoms with van der Waals surface area (Å²) in [6.07, 6.45) is 2.58. The lowest BCUT2D eigenvalue weighted by molar-refractivity contribution is -0.116. The molecule has 2 aromatic heterocycles. The van der Waals surface area contributed by atoms with Gasteiger partial charge in [0.2, 0.25) is 5.91 Å². The zero-order valence-electron chi connectivity index (χ0n) is 11.5. The first-order valence-corrected chi connectivity index (χ1v) is 6.33. The van der Waals surface area contributed by atoms with Crippen LogP contribution in [-0.4, -0.2) is 16.1 Å². The molecular formula is C14H19N3O2. The number of aromatic nitrogens is 2. The van der Waals surface area contributed by atoms with Crippen LogP contribution in [0.2, 0.25) is 0 Å². The van der Waals surface area contributed by atoms with Crippen LogP contribution in [0.3, 0.4) is 0 Å². The van der Waals surface area contributed by atoms with Crippen molar-refractivity contribution in [3.63, 3.8) is 0 Å². The van der Waals surface area contributed by atoms with Crippen LogP contribution < -0.4 is 5.32 Å². The van der Waals surface area contributed by atoms with Crippen LogP contribution in [0.4, 0.5) is 5.82 Å². The Bertz CT molecular complexity index is 535. The van der Waals surface area contributed by atoms with Crippen molar-refractivity contribution >= 4 is 11.7 Å². The molecule has 0 spiro atoms. The molecule has 0 aliphatic heterocycles. The van der Waals surface area contributed by atoms with Crippen LogP contribution in [0.1, 0.15) is 38.6 Å². The van der Waals surface area contributed by atoms with Gasteiger partial charge in [0.1, 0.15) is 5.76 Å². The van der Waals surface area contributed by atoms with Crippen LogP contribution in [-0.2, 0) is 16.6 Å². The minimum absolute atomic E-state index is 0.00978. The Hall–Kier alpha value is -2.04. The second kappa shape index (κ2) is 5.30. The molecule has 2 N–H and O–H groups in total. The molecule has 0 atom stereocenters. The fraction of sp³-hybridized carbons (Fsp3) is 0.429. The Morgan fingerprint density at radius 2 is 2.26 bits per heavy atom. The number of anilines is 1. The zero-order chi connectivity index (χ0) is 13.9. The van der Waals surface area contributed by atoms with Gasteiger partial charge in [-0.25, -0.2) is 0 Å². The molecule has 0 aromatic carbocycles. The third-order valence-corrected chi connectivity index (χ3v) is 2.83. The van der Waals surface area contributed by atoms with Gasteiger partial charge in [0.15, 0.2) is 5.82 Å². The second-order valence-electron chi connectivity index (χ2n) is 5.54. The Morgan fingerprint density at radius 1 is 1.47 bits per heavy atom. The van der Waals surface area contributed by atoms with Gasteiger partial charge in [-0.2, -0.15) is 5.10 Å². The summed E-state index contributed by atoms with van der Waals surface area (Å²) >= 11 is 0. The van der Waals surface area contributed by atoms with Crippen LogP contribution in [0.25, 0.3) is 0 Å². The van der Waals surface area contributed by atoms with Crippen LogP contribution in [0.5, 0.6) is 0 Å². The highest BCUT2D eigenvalue weighted by Gasteiger charge is 2.17. The van der Waals surface area contributed by atoms with Gasteiger partial charge >= 0.3 is 0 Å². The molecule has 0 saturated carbocycles. The number of rotatable bonds is 4. The van der Waals surface area contributed by atoms with Gasteiger partial charge in [0.05, 0.1) is 6.26 Å². The summed E-state index contributed by atoms with van der Waals surface area (Å²) < 4.78 is 5.18. The molecule has 5 heteroatoms. The van der Waals surface area contributed by atoms with Gasteiger partial charge in [0, 0.05) is 30.0 Å². The van der Waals surface area contributed by atoms with Gasteiger partial charge in [-0.3, -0.25) is 9.89 Å². The van der Waals surface area contributed by atoms with E-state index in [1.165, 1.54) is 0 Å². The van der Waals surface area contributed by atoms with E-state index in [0.717, 1.165) is 11.5 Å². The normalized spacial score (nSPS) is 11.5. The van der Waals surface area contributed by atoms with Gasteiger partial charge in [-0.05, 0) is 12.1 Å². The number of aryl methyl sites for hydroxylation is 1. The topological polar surface area (TPSA) is 70.9 Å². The molecule has 5 nitrogen and oxygen atoms in total. The summed E-state index contributed by atoms with van der Waals surface area (Å²) in [4.78, 5) is 11.8. The van der Waals surface area contributed by atoms with Crippen LogP contribution in [0.15, 0.2) is 28.9 Å². The van der Waals surface area contributed by atoms with Crippen molar-refractivity contribution in [3.05, 3.63) is 35.9 Å². The quantitative estimate of drug-likeness (QED) is 0.889. The molecule has 0 aliphatic rings. The number of amides is 1. The number of furan rings is 1. The Balaban J connectivity index is 1.87. The molecule has 0 bridgehead atoms. The molecule has 1 amide bonds. The average molecular weight is 261 g/mol. The third kappa shape index (κ3) is 3.71. The fourth-order valence-corrected chi connectivity index (χ4v) is 1.67. The van der Waals surface area contributed by atoms with E-state index in [0.29, 0.717) is 18.7 Å².